The van der Waals surface area contributed by atoms with Gasteiger partial charge in [0.1, 0.15) is 4.90 Å². The molecule has 0 bridgehead atoms. The van der Waals surface area contributed by atoms with Crippen molar-refractivity contribution in [3.63, 3.8) is 0 Å². The molecular formula is C13H21N3O2S. The van der Waals surface area contributed by atoms with Gasteiger partial charge < -0.3 is 5.32 Å². The van der Waals surface area contributed by atoms with Crippen LogP contribution in [0.5, 0.6) is 0 Å². The zero-order valence-electron chi connectivity index (χ0n) is 11.4. The number of sulfonamides is 1. The van der Waals surface area contributed by atoms with E-state index in [1.165, 1.54) is 6.20 Å². The topological polar surface area (TPSA) is 71.1 Å². The lowest BCUT2D eigenvalue weighted by atomic mass is 9.88. The Morgan fingerprint density at radius 3 is 2.58 bits per heavy atom. The summed E-state index contributed by atoms with van der Waals surface area (Å²) in [4.78, 5) is 4.12. The van der Waals surface area contributed by atoms with Gasteiger partial charge in [-0.3, -0.25) is 4.98 Å². The third-order valence-electron chi connectivity index (χ3n) is 3.68. The van der Waals surface area contributed by atoms with Crippen molar-refractivity contribution in [1.82, 2.24) is 9.71 Å². The molecule has 1 fully saturated rings. The van der Waals surface area contributed by atoms with E-state index >= 15 is 0 Å². The number of aromatic nitrogens is 1. The van der Waals surface area contributed by atoms with Gasteiger partial charge in [-0.25, -0.2) is 13.1 Å². The van der Waals surface area contributed by atoms with Crippen LogP contribution < -0.4 is 10.0 Å². The molecule has 0 radical (unpaired) electrons. The molecule has 0 saturated heterocycles. The molecule has 0 amide bonds. The summed E-state index contributed by atoms with van der Waals surface area (Å²) in [6.07, 6.45) is 6.95. The lowest BCUT2D eigenvalue weighted by molar-refractivity contribution is 0.332. The molecule has 0 unspecified atom stereocenters. The fourth-order valence-corrected chi connectivity index (χ4v) is 3.92. The molecule has 2 N–H and O–H groups in total. The molecule has 1 heterocycles. The summed E-state index contributed by atoms with van der Waals surface area (Å²) >= 11 is 0. The average molecular weight is 283 g/mol. The normalized spacial score (nSPS) is 24.1. The van der Waals surface area contributed by atoms with Crippen LogP contribution in [0.1, 0.15) is 32.6 Å². The maximum absolute atomic E-state index is 12.4. The minimum atomic E-state index is -3.50. The van der Waals surface area contributed by atoms with Crippen LogP contribution in [-0.4, -0.2) is 26.5 Å². The highest BCUT2D eigenvalue weighted by Crippen LogP contribution is 2.26. The molecule has 0 aromatic carbocycles. The number of pyridine rings is 1. The van der Waals surface area contributed by atoms with Crippen molar-refractivity contribution in [3.05, 3.63) is 18.5 Å². The van der Waals surface area contributed by atoms with Crippen LogP contribution in [-0.2, 0) is 10.0 Å². The van der Waals surface area contributed by atoms with Crippen molar-refractivity contribution in [2.45, 2.75) is 43.5 Å². The van der Waals surface area contributed by atoms with E-state index in [1.54, 1.807) is 19.3 Å². The molecule has 0 aliphatic heterocycles. The van der Waals surface area contributed by atoms with Crippen LogP contribution in [0.3, 0.4) is 0 Å². The second-order valence-corrected chi connectivity index (χ2v) is 6.88. The van der Waals surface area contributed by atoms with Gasteiger partial charge in [0.15, 0.2) is 0 Å². The standard InChI is InChI=1S/C13H21N3O2S/c1-10-3-5-11(6-4-10)16-19(17,18)13-9-15-8-7-12(13)14-2/h7-11,16H,3-6H2,1-2H3,(H,14,15). The van der Waals surface area contributed by atoms with Crippen LogP contribution in [0.4, 0.5) is 5.69 Å². The van der Waals surface area contributed by atoms with Gasteiger partial charge in [0, 0.05) is 25.5 Å². The van der Waals surface area contributed by atoms with Gasteiger partial charge in [-0.1, -0.05) is 6.92 Å². The molecule has 1 aliphatic rings. The smallest absolute Gasteiger partial charge is 0.244 e. The first-order valence-corrected chi connectivity index (χ1v) is 8.15. The third-order valence-corrected chi connectivity index (χ3v) is 5.23. The molecule has 0 spiro atoms. The van der Waals surface area contributed by atoms with Crippen LogP contribution in [0.25, 0.3) is 0 Å². The Morgan fingerprint density at radius 1 is 1.26 bits per heavy atom. The maximum atomic E-state index is 12.4. The van der Waals surface area contributed by atoms with Crippen molar-refractivity contribution < 1.29 is 8.42 Å². The molecule has 5 nitrogen and oxygen atoms in total. The quantitative estimate of drug-likeness (QED) is 0.886. The SMILES string of the molecule is CNc1ccncc1S(=O)(=O)NC1CCC(C)CC1. The molecule has 19 heavy (non-hydrogen) atoms. The molecule has 1 aromatic rings. The van der Waals surface area contributed by atoms with E-state index in [9.17, 15) is 8.42 Å². The van der Waals surface area contributed by atoms with E-state index in [1.807, 2.05) is 0 Å². The Balaban J connectivity index is 2.14. The number of hydrogen-bond acceptors (Lipinski definition) is 4. The Morgan fingerprint density at radius 2 is 1.95 bits per heavy atom. The Labute approximate surface area is 114 Å². The highest BCUT2D eigenvalue weighted by molar-refractivity contribution is 7.89. The van der Waals surface area contributed by atoms with E-state index in [4.69, 9.17) is 0 Å². The average Bonchev–Trinajstić information content (AvgIpc) is 2.41. The van der Waals surface area contributed by atoms with Gasteiger partial charge in [-0.2, -0.15) is 0 Å². The predicted octanol–water partition coefficient (Wildman–Crippen LogP) is 1.98. The molecule has 1 aromatic heterocycles. The summed E-state index contributed by atoms with van der Waals surface area (Å²) in [5, 5.41) is 2.89. The zero-order valence-corrected chi connectivity index (χ0v) is 12.2. The van der Waals surface area contributed by atoms with Crippen molar-refractivity contribution in [3.8, 4) is 0 Å². The van der Waals surface area contributed by atoms with E-state index in [0.717, 1.165) is 25.7 Å². The molecule has 2 rings (SSSR count). The third kappa shape index (κ3) is 3.45. The number of anilines is 1. The van der Waals surface area contributed by atoms with Crippen molar-refractivity contribution >= 4 is 15.7 Å². The van der Waals surface area contributed by atoms with Crippen LogP contribution in [0.15, 0.2) is 23.4 Å². The van der Waals surface area contributed by atoms with E-state index < -0.39 is 10.0 Å². The predicted molar refractivity (Wildman–Crippen MR) is 75.5 cm³/mol. The first-order valence-electron chi connectivity index (χ1n) is 6.67. The lowest BCUT2D eigenvalue weighted by Gasteiger charge is -2.26. The lowest BCUT2D eigenvalue weighted by Crippen LogP contribution is -2.37. The van der Waals surface area contributed by atoms with E-state index in [-0.39, 0.29) is 10.9 Å². The van der Waals surface area contributed by atoms with Crippen molar-refractivity contribution in [2.75, 3.05) is 12.4 Å². The van der Waals surface area contributed by atoms with Crippen LogP contribution >= 0.6 is 0 Å². The van der Waals surface area contributed by atoms with Gasteiger partial charge in [0.05, 0.1) is 5.69 Å². The summed E-state index contributed by atoms with van der Waals surface area (Å²) in [5.41, 5.74) is 0.576. The Kier molecular flexibility index (Phi) is 4.42. The van der Waals surface area contributed by atoms with Gasteiger partial charge >= 0.3 is 0 Å². The summed E-state index contributed by atoms with van der Waals surface area (Å²) in [5.74, 6) is 0.701. The number of hydrogen-bond donors (Lipinski definition) is 2. The highest BCUT2D eigenvalue weighted by Gasteiger charge is 2.25. The molecular weight excluding hydrogens is 262 g/mol. The fourth-order valence-electron chi connectivity index (χ4n) is 2.46. The molecule has 1 aliphatic carbocycles. The number of nitrogens with one attached hydrogen (secondary N) is 2. The minimum absolute atomic E-state index is 0.0473. The summed E-state index contributed by atoms with van der Waals surface area (Å²) < 4.78 is 27.5. The van der Waals surface area contributed by atoms with Crippen LogP contribution in [0, 0.1) is 5.92 Å². The summed E-state index contributed by atoms with van der Waals surface area (Å²) in [7, 11) is -1.79. The van der Waals surface area contributed by atoms with Crippen molar-refractivity contribution in [1.29, 1.82) is 0 Å². The second kappa shape index (κ2) is 5.88. The minimum Gasteiger partial charge on any atom is -0.387 e. The molecule has 6 heteroatoms. The van der Waals surface area contributed by atoms with Gasteiger partial charge in [-0.05, 0) is 37.7 Å². The highest BCUT2D eigenvalue weighted by atomic mass is 32.2. The first-order chi connectivity index (χ1) is 9.03. The van der Waals surface area contributed by atoms with E-state index in [0.29, 0.717) is 11.6 Å². The largest absolute Gasteiger partial charge is 0.387 e. The summed E-state index contributed by atoms with van der Waals surface area (Å²) in [6, 6.07) is 1.71. The monoisotopic (exact) mass is 283 g/mol. The van der Waals surface area contributed by atoms with E-state index in [2.05, 4.69) is 21.9 Å². The van der Waals surface area contributed by atoms with Gasteiger partial charge in [-0.15, -0.1) is 0 Å². The fraction of sp³-hybridized carbons (Fsp3) is 0.615. The van der Waals surface area contributed by atoms with Crippen molar-refractivity contribution in [2.24, 2.45) is 5.92 Å². The first kappa shape index (κ1) is 14.3. The Bertz CT molecular complexity index is 522. The summed E-state index contributed by atoms with van der Waals surface area (Å²) in [6.45, 7) is 2.21. The Hall–Kier alpha value is -1.14. The molecule has 1 saturated carbocycles. The molecule has 106 valence electrons. The van der Waals surface area contributed by atoms with Crippen LogP contribution in [0.2, 0.25) is 0 Å². The maximum Gasteiger partial charge on any atom is 0.244 e. The second-order valence-electron chi connectivity index (χ2n) is 5.20. The number of nitrogens with zero attached hydrogens (tertiary/aromatic N) is 1. The number of rotatable bonds is 4. The van der Waals surface area contributed by atoms with Gasteiger partial charge in [0.25, 0.3) is 0 Å². The van der Waals surface area contributed by atoms with Gasteiger partial charge in [0.2, 0.25) is 10.0 Å². The zero-order chi connectivity index (χ0) is 13.9. The molecule has 0 atom stereocenters.